The number of nitrogens with zero attached hydrogens (tertiary/aromatic N) is 4. The molecule has 0 radical (unpaired) electrons. The molecule has 11 heteroatoms. The maximum atomic E-state index is 13.5. The van der Waals surface area contributed by atoms with E-state index in [1.54, 1.807) is 36.1 Å². The van der Waals surface area contributed by atoms with Crippen molar-refractivity contribution >= 4 is 27.7 Å². The summed E-state index contributed by atoms with van der Waals surface area (Å²) in [6.45, 7) is 3.86. The Morgan fingerprint density at radius 3 is 2.42 bits per heavy atom. The number of amides is 1. The van der Waals surface area contributed by atoms with Gasteiger partial charge in [-0.25, -0.2) is 8.42 Å². The van der Waals surface area contributed by atoms with Crippen molar-refractivity contribution in [3.63, 3.8) is 0 Å². The van der Waals surface area contributed by atoms with Gasteiger partial charge in [-0.2, -0.15) is 4.31 Å². The second-order valence-electron chi connectivity index (χ2n) is 7.63. The maximum Gasteiger partial charge on any atom is 0.273 e. The van der Waals surface area contributed by atoms with Crippen LogP contribution in [0.3, 0.4) is 0 Å². The molecule has 172 valence electrons. The lowest BCUT2D eigenvalue weighted by Gasteiger charge is -2.30. The van der Waals surface area contributed by atoms with Gasteiger partial charge >= 0.3 is 0 Å². The lowest BCUT2D eigenvalue weighted by Crippen LogP contribution is -2.38. The van der Waals surface area contributed by atoms with Crippen molar-refractivity contribution in [2.24, 2.45) is 0 Å². The van der Waals surface area contributed by atoms with Crippen LogP contribution in [0.4, 0.5) is 0 Å². The van der Waals surface area contributed by atoms with Gasteiger partial charge in [0.15, 0.2) is 5.16 Å². The molecule has 1 N–H and O–H groups in total. The molecule has 0 bridgehead atoms. The van der Waals surface area contributed by atoms with Gasteiger partial charge in [-0.05, 0) is 31.5 Å². The summed E-state index contributed by atoms with van der Waals surface area (Å²) in [5.41, 5.74) is 1.54. The zero-order valence-electron chi connectivity index (χ0n) is 18.1. The number of hydrogen-bond donors (Lipinski definition) is 1. The highest BCUT2D eigenvalue weighted by Crippen LogP contribution is 2.35. The van der Waals surface area contributed by atoms with E-state index in [0.29, 0.717) is 5.56 Å². The molecule has 1 saturated heterocycles. The van der Waals surface area contributed by atoms with Crippen LogP contribution in [0, 0.1) is 13.8 Å². The minimum Gasteiger partial charge on any atom is -0.320 e. The topological polar surface area (TPSA) is 116 Å². The molecule has 4 rings (SSSR count). The highest BCUT2D eigenvalue weighted by atomic mass is 32.2. The Kier molecular flexibility index (Phi) is 6.63. The first-order chi connectivity index (χ1) is 15.8. The number of rotatable bonds is 6. The zero-order chi connectivity index (χ0) is 23.6. The molecule has 0 unspecified atom stereocenters. The van der Waals surface area contributed by atoms with Crippen LogP contribution < -0.4 is 5.56 Å². The predicted octanol–water partition coefficient (Wildman–Crippen LogP) is 2.11. The maximum absolute atomic E-state index is 13.5. The van der Waals surface area contributed by atoms with Crippen LogP contribution in [-0.4, -0.2) is 57.6 Å². The first-order valence-corrected chi connectivity index (χ1v) is 12.7. The van der Waals surface area contributed by atoms with Crippen molar-refractivity contribution in [3.05, 3.63) is 81.8 Å². The van der Waals surface area contributed by atoms with Crippen LogP contribution in [0.1, 0.15) is 23.0 Å². The Bertz CT molecular complexity index is 1310. The summed E-state index contributed by atoms with van der Waals surface area (Å²) in [5.74, 6) is -0.284. The molecule has 33 heavy (non-hydrogen) atoms. The van der Waals surface area contributed by atoms with Crippen molar-refractivity contribution < 1.29 is 13.2 Å². The van der Waals surface area contributed by atoms with E-state index in [1.807, 2.05) is 37.3 Å². The van der Waals surface area contributed by atoms with Gasteiger partial charge < -0.3 is 4.90 Å². The molecule has 1 aliphatic heterocycles. The number of H-pyrrole nitrogens is 1. The first-order valence-electron chi connectivity index (χ1n) is 10.3. The molecular formula is C22H23N5O4S2. The minimum absolute atomic E-state index is 0.0184. The third-order valence-corrected chi connectivity index (χ3v) is 8.06. The fourth-order valence-corrected chi connectivity index (χ4v) is 5.85. The molecular weight excluding hydrogens is 462 g/mol. The van der Waals surface area contributed by atoms with E-state index in [2.05, 4.69) is 15.2 Å². The highest BCUT2D eigenvalue weighted by Gasteiger charge is 2.43. The summed E-state index contributed by atoms with van der Waals surface area (Å²) in [6, 6.07) is 15.8. The van der Waals surface area contributed by atoms with Crippen LogP contribution in [0.5, 0.6) is 0 Å². The number of carbonyl (C=O) groups is 1. The second kappa shape index (κ2) is 9.46. The fraction of sp³-hybridized carbons (Fsp3) is 0.273. The third kappa shape index (κ3) is 4.85. The zero-order valence-corrected chi connectivity index (χ0v) is 19.8. The van der Waals surface area contributed by atoms with Gasteiger partial charge in [0.2, 0.25) is 15.9 Å². The normalized spacial score (nSPS) is 16.8. The van der Waals surface area contributed by atoms with Gasteiger partial charge in [0.05, 0.1) is 10.6 Å². The minimum atomic E-state index is -3.83. The molecule has 2 heterocycles. The molecule has 1 aromatic heterocycles. The molecule has 9 nitrogen and oxygen atoms in total. The molecule has 0 aliphatic carbocycles. The molecule has 1 atom stereocenters. The summed E-state index contributed by atoms with van der Waals surface area (Å²) in [5, 5.41) is 7.90. The summed E-state index contributed by atoms with van der Waals surface area (Å²) in [7, 11) is -3.83. The van der Waals surface area contributed by atoms with Crippen molar-refractivity contribution in [3.8, 4) is 0 Å². The summed E-state index contributed by atoms with van der Waals surface area (Å²) in [4.78, 5) is 29.2. The Balaban J connectivity index is 1.61. The average molecular weight is 486 g/mol. The number of benzene rings is 2. The van der Waals surface area contributed by atoms with Gasteiger partial charge in [-0.1, -0.05) is 59.8 Å². The molecule has 1 amide bonds. The SMILES string of the molecule is Cc1ccc(S(=O)(=O)N2CCN(C(=O)CSc3nnc(C)c(=O)[nH]3)[C@H]2c2ccccc2)cc1. The molecule has 1 fully saturated rings. The van der Waals surface area contributed by atoms with E-state index in [0.717, 1.165) is 17.3 Å². The second-order valence-corrected chi connectivity index (χ2v) is 10.5. The summed E-state index contributed by atoms with van der Waals surface area (Å²) < 4.78 is 28.3. The predicted molar refractivity (Wildman–Crippen MR) is 124 cm³/mol. The summed E-state index contributed by atoms with van der Waals surface area (Å²) in [6.07, 6.45) is -0.770. The van der Waals surface area contributed by atoms with Gasteiger partial charge in [0.1, 0.15) is 11.9 Å². The first kappa shape index (κ1) is 23.1. The van der Waals surface area contributed by atoms with Gasteiger partial charge in [-0.3, -0.25) is 14.6 Å². The van der Waals surface area contributed by atoms with Crippen LogP contribution in [0.25, 0.3) is 0 Å². The Morgan fingerprint density at radius 2 is 1.76 bits per heavy atom. The quantitative estimate of drug-likeness (QED) is 0.532. The van der Waals surface area contributed by atoms with Crippen LogP contribution in [-0.2, 0) is 14.8 Å². The molecule has 2 aromatic carbocycles. The number of aromatic nitrogens is 3. The molecule has 0 saturated carbocycles. The number of aromatic amines is 1. The number of thioether (sulfide) groups is 1. The molecule has 0 spiro atoms. The Labute approximate surface area is 195 Å². The molecule has 3 aromatic rings. The monoisotopic (exact) mass is 485 g/mol. The fourth-order valence-electron chi connectivity index (χ4n) is 3.59. The van der Waals surface area contributed by atoms with Gasteiger partial charge in [0.25, 0.3) is 5.56 Å². The van der Waals surface area contributed by atoms with Crippen molar-refractivity contribution in [2.75, 3.05) is 18.8 Å². The van der Waals surface area contributed by atoms with Crippen LogP contribution >= 0.6 is 11.8 Å². The lowest BCUT2D eigenvalue weighted by atomic mass is 10.1. The number of sulfonamides is 1. The number of hydrogen-bond acceptors (Lipinski definition) is 7. The molecule has 1 aliphatic rings. The largest absolute Gasteiger partial charge is 0.320 e. The third-order valence-electron chi connectivity index (χ3n) is 5.35. The highest BCUT2D eigenvalue weighted by molar-refractivity contribution is 7.99. The van der Waals surface area contributed by atoms with Crippen molar-refractivity contribution in [2.45, 2.75) is 30.1 Å². The van der Waals surface area contributed by atoms with E-state index in [9.17, 15) is 18.0 Å². The van der Waals surface area contributed by atoms with Crippen molar-refractivity contribution in [1.82, 2.24) is 24.4 Å². The number of nitrogens with one attached hydrogen (secondary N) is 1. The van der Waals surface area contributed by atoms with Crippen LogP contribution in [0.2, 0.25) is 0 Å². The smallest absolute Gasteiger partial charge is 0.273 e. The van der Waals surface area contributed by atoms with E-state index >= 15 is 0 Å². The van der Waals surface area contributed by atoms with Gasteiger partial charge in [-0.15, -0.1) is 10.2 Å². The average Bonchev–Trinajstić information content (AvgIpc) is 3.27. The van der Waals surface area contributed by atoms with Crippen LogP contribution in [0.15, 0.2) is 69.4 Å². The standard InChI is InChI=1S/C22H23N5O4S2/c1-15-8-10-18(11-9-15)33(30,31)27-13-12-26(21(27)17-6-4-3-5-7-17)19(28)14-32-22-23-20(29)16(2)24-25-22/h3-11,21H,12-14H2,1-2H3,(H,23,25,29)/t21-/m1/s1. The van der Waals surface area contributed by atoms with Crippen molar-refractivity contribution in [1.29, 1.82) is 0 Å². The number of carbonyl (C=O) groups excluding carboxylic acids is 1. The van der Waals surface area contributed by atoms with E-state index < -0.39 is 16.2 Å². The Hall–Kier alpha value is -3.02. The van der Waals surface area contributed by atoms with E-state index in [4.69, 9.17) is 0 Å². The Morgan fingerprint density at radius 1 is 1.06 bits per heavy atom. The van der Waals surface area contributed by atoms with E-state index in [-0.39, 0.29) is 46.1 Å². The van der Waals surface area contributed by atoms with E-state index in [1.165, 1.54) is 4.31 Å². The van der Waals surface area contributed by atoms with Gasteiger partial charge in [0, 0.05) is 13.1 Å². The lowest BCUT2D eigenvalue weighted by molar-refractivity contribution is -0.130. The summed E-state index contributed by atoms with van der Waals surface area (Å²) >= 11 is 1.05. The number of aryl methyl sites for hydroxylation is 2.